The van der Waals surface area contributed by atoms with Crippen molar-refractivity contribution < 1.29 is 29.7 Å². The lowest BCUT2D eigenvalue weighted by atomic mass is 10.2. The van der Waals surface area contributed by atoms with Crippen LogP contribution in [0.4, 0.5) is 5.69 Å². The molecule has 0 aromatic heterocycles. The highest BCUT2D eigenvalue weighted by atomic mass is 16.4. The molecule has 1 rings (SSSR count). The number of carbonyl (C=O) groups is 3. The maximum absolute atomic E-state index is 10.7. The lowest BCUT2D eigenvalue weighted by Gasteiger charge is -2.23. The summed E-state index contributed by atoms with van der Waals surface area (Å²) in [5.74, 6) is -3.01. The van der Waals surface area contributed by atoms with Crippen molar-refractivity contribution in [3.8, 4) is 0 Å². The molecule has 0 fully saturated rings. The van der Waals surface area contributed by atoms with Gasteiger partial charge >= 0.3 is 17.9 Å². The number of carboxylic acids is 3. The quantitative estimate of drug-likeness (QED) is 0.654. The molecular weight excluding hydrogens is 266 g/mol. The molecule has 0 saturated carbocycles. The Morgan fingerprint density at radius 2 is 1.30 bits per heavy atom. The molecule has 1 aromatic rings. The van der Waals surface area contributed by atoms with Gasteiger partial charge in [0.15, 0.2) is 0 Å². The summed E-state index contributed by atoms with van der Waals surface area (Å²) in [4.78, 5) is 33.5. The number of nitrogens with zero attached hydrogens (tertiary/aromatic N) is 1. The molecule has 108 valence electrons. The van der Waals surface area contributed by atoms with Crippen molar-refractivity contribution in [2.45, 2.75) is 12.8 Å². The Balaban J connectivity index is 2.81. The van der Waals surface area contributed by atoms with E-state index < -0.39 is 17.9 Å². The topological polar surface area (TPSA) is 115 Å². The number of hydrogen-bond donors (Lipinski definition) is 3. The molecule has 7 heteroatoms. The molecule has 0 heterocycles. The molecule has 0 atom stereocenters. The van der Waals surface area contributed by atoms with Crippen LogP contribution in [0.2, 0.25) is 0 Å². The van der Waals surface area contributed by atoms with Gasteiger partial charge in [0.2, 0.25) is 0 Å². The van der Waals surface area contributed by atoms with Crippen LogP contribution in [0.15, 0.2) is 24.3 Å². The normalized spacial score (nSPS) is 10.0. The number of anilines is 1. The Morgan fingerprint density at radius 3 is 1.65 bits per heavy atom. The zero-order valence-electron chi connectivity index (χ0n) is 10.7. The third kappa shape index (κ3) is 4.97. The van der Waals surface area contributed by atoms with Crippen LogP contribution in [0.1, 0.15) is 23.2 Å². The highest BCUT2D eigenvalue weighted by Crippen LogP contribution is 2.16. The Bertz CT molecular complexity index is 478. The molecule has 1 aromatic carbocycles. The van der Waals surface area contributed by atoms with Crippen LogP contribution in [-0.4, -0.2) is 46.3 Å². The van der Waals surface area contributed by atoms with E-state index in [-0.39, 0.29) is 31.5 Å². The van der Waals surface area contributed by atoms with Gasteiger partial charge in [0, 0.05) is 18.8 Å². The molecule has 0 bridgehead atoms. The minimum Gasteiger partial charge on any atom is -0.481 e. The maximum Gasteiger partial charge on any atom is 0.335 e. The molecule has 0 radical (unpaired) electrons. The van der Waals surface area contributed by atoms with E-state index in [1.165, 1.54) is 24.3 Å². The second kappa shape index (κ2) is 7.13. The fourth-order valence-electron chi connectivity index (χ4n) is 1.65. The van der Waals surface area contributed by atoms with E-state index in [0.717, 1.165) is 0 Å². The fourth-order valence-corrected chi connectivity index (χ4v) is 1.65. The Kier molecular flexibility index (Phi) is 5.52. The van der Waals surface area contributed by atoms with Crippen molar-refractivity contribution in [2.24, 2.45) is 0 Å². The van der Waals surface area contributed by atoms with E-state index in [1.54, 1.807) is 4.90 Å². The van der Waals surface area contributed by atoms with Gasteiger partial charge in [-0.3, -0.25) is 9.59 Å². The maximum atomic E-state index is 10.7. The standard InChI is InChI=1S/C13H15NO6/c15-11(16)5-7-14(8-6-12(17)18)10-3-1-9(2-4-10)13(19)20/h1-4H,5-8H2,(H,15,16)(H,17,18)(H,19,20). The lowest BCUT2D eigenvalue weighted by Crippen LogP contribution is -2.28. The molecule has 3 N–H and O–H groups in total. The predicted molar refractivity (Wildman–Crippen MR) is 70.1 cm³/mol. The van der Waals surface area contributed by atoms with Crippen molar-refractivity contribution in [1.82, 2.24) is 0 Å². The number of rotatable bonds is 8. The number of carboxylic acid groups (broad SMARTS) is 3. The summed E-state index contributed by atoms with van der Waals surface area (Å²) >= 11 is 0. The number of aromatic carboxylic acids is 1. The Labute approximate surface area is 115 Å². The van der Waals surface area contributed by atoms with E-state index in [4.69, 9.17) is 15.3 Å². The fraction of sp³-hybridized carbons (Fsp3) is 0.308. The first kappa shape index (κ1) is 15.5. The summed E-state index contributed by atoms with van der Waals surface area (Å²) in [7, 11) is 0. The molecule has 0 aliphatic carbocycles. The predicted octanol–water partition coefficient (Wildman–Crippen LogP) is 1.14. The van der Waals surface area contributed by atoms with Crippen molar-refractivity contribution in [1.29, 1.82) is 0 Å². The molecule has 0 amide bonds. The molecule has 0 spiro atoms. The van der Waals surface area contributed by atoms with Gasteiger partial charge in [-0.15, -0.1) is 0 Å². The molecular formula is C13H15NO6. The Morgan fingerprint density at radius 1 is 0.850 bits per heavy atom. The summed E-state index contributed by atoms with van der Waals surface area (Å²) in [5, 5.41) is 26.2. The highest BCUT2D eigenvalue weighted by molar-refractivity contribution is 5.88. The number of benzene rings is 1. The van der Waals surface area contributed by atoms with Crippen molar-refractivity contribution in [3.05, 3.63) is 29.8 Å². The van der Waals surface area contributed by atoms with Gasteiger partial charge in [0.25, 0.3) is 0 Å². The van der Waals surface area contributed by atoms with Crippen LogP contribution >= 0.6 is 0 Å². The van der Waals surface area contributed by atoms with Crippen LogP contribution in [0.5, 0.6) is 0 Å². The Hall–Kier alpha value is -2.57. The SMILES string of the molecule is O=C(O)CCN(CCC(=O)O)c1ccc(C(=O)O)cc1. The minimum absolute atomic E-state index is 0.116. The van der Waals surface area contributed by atoms with Crippen molar-refractivity contribution in [2.75, 3.05) is 18.0 Å². The van der Waals surface area contributed by atoms with Gasteiger partial charge in [0.05, 0.1) is 18.4 Å². The molecule has 0 aliphatic rings. The van der Waals surface area contributed by atoms with Gasteiger partial charge in [-0.05, 0) is 24.3 Å². The molecule has 7 nitrogen and oxygen atoms in total. The van der Waals surface area contributed by atoms with Crippen LogP contribution in [0.3, 0.4) is 0 Å². The summed E-state index contributed by atoms with van der Waals surface area (Å²) in [6.07, 6.45) is -0.249. The smallest absolute Gasteiger partial charge is 0.335 e. The van der Waals surface area contributed by atoms with E-state index in [9.17, 15) is 14.4 Å². The zero-order valence-corrected chi connectivity index (χ0v) is 10.7. The van der Waals surface area contributed by atoms with E-state index in [1.807, 2.05) is 0 Å². The third-order valence-electron chi connectivity index (χ3n) is 2.67. The summed E-state index contributed by atoms with van der Waals surface area (Å²) in [6, 6.07) is 5.86. The van der Waals surface area contributed by atoms with E-state index >= 15 is 0 Å². The number of aliphatic carboxylic acids is 2. The average Bonchev–Trinajstić information content (AvgIpc) is 2.38. The zero-order chi connectivity index (χ0) is 15.1. The summed E-state index contributed by atoms with van der Waals surface area (Å²) < 4.78 is 0. The first-order valence-electron chi connectivity index (χ1n) is 5.92. The van der Waals surface area contributed by atoms with Crippen LogP contribution in [0, 0.1) is 0 Å². The second-order valence-corrected chi connectivity index (χ2v) is 4.13. The first-order chi connectivity index (χ1) is 9.40. The van der Waals surface area contributed by atoms with Crippen LogP contribution < -0.4 is 4.90 Å². The van der Waals surface area contributed by atoms with Gasteiger partial charge in [-0.1, -0.05) is 0 Å². The summed E-state index contributed by atoms with van der Waals surface area (Å²) in [5.41, 5.74) is 0.711. The lowest BCUT2D eigenvalue weighted by molar-refractivity contribution is -0.137. The second-order valence-electron chi connectivity index (χ2n) is 4.13. The third-order valence-corrected chi connectivity index (χ3v) is 2.67. The van der Waals surface area contributed by atoms with E-state index in [2.05, 4.69) is 0 Å². The minimum atomic E-state index is -1.06. The molecule has 0 saturated heterocycles. The monoisotopic (exact) mass is 281 g/mol. The summed E-state index contributed by atoms with van der Waals surface area (Å²) in [6.45, 7) is 0.323. The van der Waals surface area contributed by atoms with Gasteiger partial charge in [-0.2, -0.15) is 0 Å². The number of hydrogen-bond acceptors (Lipinski definition) is 4. The average molecular weight is 281 g/mol. The van der Waals surface area contributed by atoms with Gasteiger partial charge in [0.1, 0.15) is 0 Å². The van der Waals surface area contributed by atoms with Gasteiger partial charge < -0.3 is 20.2 Å². The first-order valence-corrected chi connectivity index (χ1v) is 5.92. The van der Waals surface area contributed by atoms with E-state index in [0.29, 0.717) is 5.69 Å². The molecule has 0 unspecified atom stereocenters. The molecule has 0 aliphatic heterocycles. The van der Waals surface area contributed by atoms with Gasteiger partial charge in [-0.25, -0.2) is 4.79 Å². The van der Waals surface area contributed by atoms with Crippen LogP contribution in [0.25, 0.3) is 0 Å². The van der Waals surface area contributed by atoms with Crippen molar-refractivity contribution >= 4 is 23.6 Å². The van der Waals surface area contributed by atoms with Crippen LogP contribution in [-0.2, 0) is 9.59 Å². The molecule has 20 heavy (non-hydrogen) atoms. The highest BCUT2D eigenvalue weighted by Gasteiger charge is 2.11. The largest absolute Gasteiger partial charge is 0.481 e. The van der Waals surface area contributed by atoms with Crippen molar-refractivity contribution in [3.63, 3.8) is 0 Å².